The van der Waals surface area contributed by atoms with Gasteiger partial charge in [0.1, 0.15) is 5.75 Å². The molecule has 0 radical (unpaired) electrons. The van der Waals surface area contributed by atoms with Crippen LogP contribution in [0.2, 0.25) is 0 Å². The Morgan fingerprint density at radius 3 is 2.29 bits per heavy atom. The predicted molar refractivity (Wildman–Crippen MR) is 88.6 cm³/mol. The number of halogens is 1. The minimum absolute atomic E-state index is 0.142. The zero-order chi connectivity index (χ0) is 15.4. The second-order valence-electron chi connectivity index (χ2n) is 5.07. The third kappa shape index (κ3) is 3.64. The topological polar surface area (TPSA) is 55.5 Å². The van der Waals surface area contributed by atoms with Gasteiger partial charge in [0.2, 0.25) is 0 Å². The molecule has 0 heterocycles. The van der Waals surface area contributed by atoms with Gasteiger partial charge in [-0.1, -0.05) is 40.2 Å². The van der Waals surface area contributed by atoms with E-state index in [0.717, 1.165) is 26.9 Å². The first-order valence-corrected chi connectivity index (χ1v) is 7.64. The molecule has 4 heteroatoms. The van der Waals surface area contributed by atoms with E-state index in [2.05, 4.69) is 15.9 Å². The molecule has 0 saturated carbocycles. The molecule has 21 heavy (non-hydrogen) atoms. The Bertz CT molecular complexity index is 598. The minimum Gasteiger partial charge on any atom is -0.497 e. The molecule has 2 atom stereocenters. The van der Waals surface area contributed by atoms with Gasteiger partial charge >= 0.3 is 0 Å². The fourth-order valence-electron chi connectivity index (χ4n) is 2.38. The van der Waals surface area contributed by atoms with Crippen LogP contribution in [0, 0.1) is 6.92 Å². The van der Waals surface area contributed by atoms with Crippen LogP contribution >= 0.6 is 15.9 Å². The standard InChI is InChI=1S/C17H20BrNO2/c1-11-9-13(5-8-16(11)18)17(20)15(10-19)12-3-6-14(21-2)7-4-12/h3-9,15,17,20H,10,19H2,1-2H3. The van der Waals surface area contributed by atoms with E-state index in [1.165, 1.54) is 0 Å². The lowest BCUT2D eigenvalue weighted by Crippen LogP contribution is -2.20. The highest BCUT2D eigenvalue weighted by atomic mass is 79.9. The Morgan fingerprint density at radius 2 is 1.76 bits per heavy atom. The summed E-state index contributed by atoms with van der Waals surface area (Å²) < 4.78 is 6.19. The van der Waals surface area contributed by atoms with Gasteiger partial charge in [0.05, 0.1) is 13.2 Å². The Balaban J connectivity index is 2.28. The number of aliphatic hydroxyl groups excluding tert-OH is 1. The molecule has 0 bridgehead atoms. The molecule has 0 amide bonds. The molecule has 2 unspecified atom stereocenters. The van der Waals surface area contributed by atoms with E-state index in [9.17, 15) is 5.11 Å². The van der Waals surface area contributed by atoms with E-state index < -0.39 is 6.10 Å². The largest absolute Gasteiger partial charge is 0.497 e. The Kier molecular flexibility index (Phi) is 5.39. The maximum atomic E-state index is 10.6. The SMILES string of the molecule is COc1ccc(C(CN)C(O)c2ccc(Br)c(C)c2)cc1. The van der Waals surface area contributed by atoms with Gasteiger partial charge in [-0.15, -0.1) is 0 Å². The first kappa shape index (κ1) is 16.0. The highest BCUT2D eigenvalue weighted by molar-refractivity contribution is 9.10. The van der Waals surface area contributed by atoms with Crippen molar-refractivity contribution in [1.29, 1.82) is 0 Å². The van der Waals surface area contributed by atoms with Crippen molar-refractivity contribution in [2.45, 2.75) is 18.9 Å². The van der Waals surface area contributed by atoms with Gasteiger partial charge in [0, 0.05) is 16.9 Å². The van der Waals surface area contributed by atoms with Crippen molar-refractivity contribution in [2.75, 3.05) is 13.7 Å². The fraction of sp³-hybridized carbons (Fsp3) is 0.294. The van der Waals surface area contributed by atoms with Gasteiger partial charge in [-0.2, -0.15) is 0 Å². The van der Waals surface area contributed by atoms with Gasteiger partial charge in [-0.3, -0.25) is 0 Å². The fourth-order valence-corrected chi connectivity index (χ4v) is 2.63. The molecule has 3 N–H and O–H groups in total. The van der Waals surface area contributed by atoms with Gasteiger partial charge in [0.15, 0.2) is 0 Å². The molecule has 0 aromatic heterocycles. The van der Waals surface area contributed by atoms with Crippen molar-refractivity contribution in [3.8, 4) is 5.75 Å². The minimum atomic E-state index is -0.629. The number of methoxy groups -OCH3 is 1. The molecule has 0 fully saturated rings. The number of nitrogens with two attached hydrogens (primary N) is 1. The lowest BCUT2D eigenvalue weighted by atomic mass is 9.88. The van der Waals surface area contributed by atoms with Crippen molar-refractivity contribution >= 4 is 15.9 Å². The Morgan fingerprint density at radius 1 is 1.14 bits per heavy atom. The zero-order valence-electron chi connectivity index (χ0n) is 12.2. The number of hydrogen-bond donors (Lipinski definition) is 2. The molecular formula is C17H20BrNO2. The Hall–Kier alpha value is -1.36. The van der Waals surface area contributed by atoms with Crippen LogP contribution in [0.1, 0.15) is 28.7 Å². The normalized spacial score (nSPS) is 13.8. The monoisotopic (exact) mass is 349 g/mol. The number of aliphatic hydroxyl groups is 1. The molecule has 2 rings (SSSR count). The van der Waals surface area contributed by atoms with Crippen LogP contribution in [0.4, 0.5) is 0 Å². The summed E-state index contributed by atoms with van der Waals surface area (Å²) in [6.07, 6.45) is -0.629. The van der Waals surface area contributed by atoms with Crippen LogP contribution in [0.25, 0.3) is 0 Å². The highest BCUT2D eigenvalue weighted by Crippen LogP contribution is 2.32. The summed E-state index contributed by atoms with van der Waals surface area (Å²) in [4.78, 5) is 0. The molecular weight excluding hydrogens is 330 g/mol. The first-order valence-electron chi connectivity index (χ1n) is 6.85. The van der Waals surface area contributed by atoms with Crippen LogP contribution in [-0.4, -0.2) is 18.8 Å². The van der Waals surface area contributed by atoms with Gasteiger partial charge in [-0.25, -0.2) is 0 Å². The summed E-state index contributed by atoms with van der Waals surface area (Å²) in [7, 11) is 1.63. The predicted octanol–water partition coefficient (Wildman–Crippen LogP) is 3.54. The summed E-state index contributed by atoms with van der Waals surface area (Å²) in [5.74, 6) is 0.653. The van der Waals surface area contributed by atoms with Crippen molar-refractivity contribution in [1.82, 2.24) is 0 Å². The third-order valence-electron chi connectivity index (χ3n) is 3.70. The number of ether oxygens (including phenoxy) is 1. The molecule has 2 aromatic carbocycles. The van der Waals surface area contributed by atoms with Crippen molar-refractivity contribution < 1.29 is 9.84 Å². The van der Waals surface area contributed by atoms with E-state index in [4.69, 9.17) is 10.5 Å². The maximum absolute atomic E-state index is 10.6. The van der Waals surface area contributed by atoms with Gasteiger partial charge in [0.25, 0.3) is 0 Å². The van der Waals surface area contributed by atoms with Crippen LogP contribution in [0.3, 0.4) is 0 Å². The summed E-state index contributed by atoms with van der Waals surface area (Å²) >= 11 is 3.47. The average Bonchev–Trinajstić information content (AvgIpc) is 2.51. The number of hydrogen-bond acceptors (Lipinski definition) is 3. The van der Waals surface area contributed by atoms with E-state index >= 15 is 0 Å². The highest BCUT2D eigenvalue weighted by Gasteiger charge is 2.22. The first-order chi connectivity index (χ1) is 10.1. The Labute approximate surface area is 133 Å². The molecule has 0 aliphatic carbocycles. The average molecular weight is 350 g/mol. The second kappa shape index (κ2) is 7.07. The lowest BCUT2D eigenvalue weighted by Gasteiger charge is -2.23. The maximum Gasteiger partial charge on any atom is 0.118 e. The van der Waals surface area contributed by atoms with Crippen molar-refractivity contribution in [2.24, 2.45) is 5.73 Å². The molecule has 0 spiro atoms. The van der Waals surface area contributed by atoms with E-state index in [1.54, 1.807) is 7.11 Å². The quantitative estimate of drug-likeness (QED) is 0.867. The van der Waals surface area contributed by atoms with E-state index in [-0.39, 0.29) is 5.92 Å². The number of benzene rings is 2. The number of aryl methyl sites for hydroxylation is 1. The zero-order valence-corrected chi connectivity index (χ0v) is 13.8. The van der Waals surface area contributed by atoms with Crippen molar-refractivity contribution in [3.63, 3.8) is 0 Å². The van der Waals surface area contributed by atoms with Crippen LogP contribution in [0.15, 0.2) is 46.9 Å². The smallest absolute Gasteiger partial charge is 0.118 e. The lowest BCUT2D eigenvalue weighted by molar-refractivity contribution is 0.147. The molecule has 112 valence electrons. The summed E-state index contributed by atoms with van der Waals surface area (Å²) in [5, 5.41) is 10.6. The summed E-state index contributed by atoms with van der Waals surface area (Å²) in [5.41, 5.74) is 8.86. The van der Waals surface area contributed by atoms with Crippen LogP contribution < -0.4 is 10.5 Å². The molecule has 0 aliphatic rings. The molecule has 2 aromatic rings. The molecule has 0 aliphatic heterocycles. The summed E-state index contributed by atoms with van der Waals surface area (Å²) in [6.45, 7) is 2.38. The van der Waals surface area contributed by atoms with E-state index in [1.807, 2.05) is 49.4 Å². The summed E-state index contributed by atoms with van der Waals surface area (Å²) in [6, 6.07) is 13.5. The van der Waals surface area contributed by atoms with Crippen LogP contribution in [-0.2, 0) is 0 Å². The van der Waals surface area contributed by atoms with Gasteiger partial charge in [-0.05, 0) is 41.8 Å². The van der Waals surface area contributed by atoms with E-state index in [0.29, 0.717) is 6.54 Å². The third-order valence-corrected chi connectivity index (χ3v) is 4.59. The van der Waals surface area contributed by atoms with Gasteiger partial charge < -0.3 is 15.6 Å². The molecule has 3 nitrogen and oxygen atoms in total. The molecule has 0 saturated heterocycles. The van der Waals surface area contributed by atoms with Crippen molar-refractivity contribution in [3.05, 3.63) is 63.6 Å². The van der Waals surface area contributed by atoms with Crippen LogP contribution in [0.5, 0.6) is 5.75 Å². The second-order valence-corrected chi connectivity index (χ2v) is 5.92. The number of rotatable bonds is 5.